The molecule has 0 aliphatic rings. The fraction of sp³-hybridized carbons (Fsp3) is 0.333. The molecule has 0 fully saturated rings. The molecule has 2 heterocycles. The summed E-state index contributed by atoms with van der Waals surface area (Å²) < 4.78 is 11.7. The van der Waals surface area contributed by atoms with Gasteiger partial charge in [-0.1, -0.05) is 6.92 Å². The van der Waals surface area contributed by atoms with Crippen molar-refractivity contribution in [2.24, 2.45) is 0 Å². The number of carbonyl (C=O) groups is 2. The van der Waals surface area contributed by atoms with E-state index in [1.54, 1.807) is 35.1 Å². The standard InChI is InChI=1S/C15H18N2O4/c1-3-8-16-14(18)10-17-11(13-5-4-9-21-13)6-7-12(17)15(19)20-2/h4-7,9H,3,8,10H2,1-2H3,(H,16,18). The van der Waals surface area contributed by atoms with Gasteiger partial charge in [-0.3, -0.25) is 4.79 Å². The van der Waals surface area contributed by atoms with Crippen LogP contribution in [0.4, 0.5) is 0 Å². The molecule has 0 aromatic carbocycles. The first-order chi connectivity index (χ1) is 10.2. The van der Waals surface area contributed by atoms with E-state index in [-0.39, 0.29) is 12.5 Å². The molecule has 0 atom stereocenters. The van der Waals surface area contributed by atoms with Gasteiger partial charge in [0.15, 0.2) is 0 Å². The van der Waals surface area contributed by atoms with E-state index in [1.807, 2.05) is 6.92 Å². The Hall–Kier alpha value is -2.50. The first kappa shape index (κ1) is 14.9. The molecular weight excluding hydrogens is 272 g/mol. The molecule has 0 radical (unpaired) electrons. The van der Waals surface area contributed by atoms with E-state index in [0.29, 0.717) is 23.7 Å². The van der Waals surface area contributed by atoms with E-state index < -0.39 is 5.97 Å². The minimum atomic E-state index is -0.490. The Bertz CT molecular complexity index is 614. The third-order valence-corrected chi connectivity index (χ3v) is 3.02. The molecule has 0 spiro atoms. The number of esters is 1. The highest BCUT2D eigenvalue weighted by Crippen LogP contribution is 2.23. The number of ether oxygens (including phenoxy) is 1. The highest BCUT2D eigenvalue weighted by Gasteiger charge is 2.19. The third kappa shape index (κ3) is 3.34. The fourth-order valence-corrected chi connectivity index (χ4v) is 2.02. The van der Waals surface area contributed by atoms with E-state index in [0.717, 1.165) is 6.42 Å². The van der Waals surface area contributed by atoms with Crippen molar-refractivity contribution in [1.29, 1.82) is 0 Å². The molecule has 6 nitrogen and oxygen atoms in total. The quantitative estimate of drug-likeness (QED) is 0.826. The Morgan fingerprint density at radius 3 is 2.76 bits per heavy atom. The number of rotatable bonds is 6. The molecule has 112 valence electrons. The van der Waals surface area contributed by atoms with Crippen LogP contribution in [0.5, 0.6) is 0 Å². The maximum Gasteiger partial charge on any atom is 0.354 e. The molecular formula is C15H18N2O4. The van der Waals surface area contributed by atoms with Crippen LogP contribution in [-0.2, 0) is 16.1 Å². The van der Waals surface area contributed by atoms with Crippen molar-refractivity contribution in [2.45, 2.75) is 19.9 Å². The molecule has 2 rings (SSSR count). The molecule has 2 aromatic rings. The number of nitrogens with one attached hydrogen (secondary N) is 1. The summed E-state index contributed by atoms with van der Waals surface area (Å²) in [5, 5.41) is 2.78. The number of hydrogen-bond acceptors (Lipinski definition) is 4. The average Bonchev–Trinajstić information content (AvgIpc) is 3.13. The third-order valence-electron chi connectivity index (χ3n) is 3.02. The summed E-state index contributed by atoms with van der Waals surface area (Å²) in [5.74, 6) is -0.0597. The Morgan fingerprint density at radius 1 is 1.33 bits per heavy atom. The highest BCUT2D eigenvalue weighted by atomic mass is 16.5. The second kappa shape index (κ2) is 6.78. The Morgan fingerprint density at radius 2 is 2.14 bits per heavy atom. The van der Waals surface area contributed by atoms with Crippen LogP contribution in [0.25, 0.3) is 11.5 Å². The molecule has 0 aliphatic heterocycles. The predicted octanol–water partition coefficient (Wildman–Crippen LogP) is 2.06. The van der Waals surface area contributed by atoms with Crippen LogP contribution in [-0.4, -0.2) is 30.1 Å². The molecule has 2 aromatic heterocycles. The van der Waals surface area contributed by atoms with Gasteiger partial charge in [-0.25, -0.2) is 4.79 Å². The van der Waals surface area contributed by atoms with Crippen molar-refractivity contribution in [3.63, 3.8) is 0 Å². The van der Waals surface area contributed by atoms with Crippen LogP contribution in [0.15, 0.2) is 34.9 Å². The van der Waals surface area contributed by atoms with Crippen LogP contribution in [0.3, 0.4) is 0 Å². The molecule has 0 unspecified atom stereocenters. The van der Waals surface area contributed by atoms with Gasteiger partial charge in [0.25, 0.3) is 0 Å². The summed E-state index contributed by atoms with van der Waals surface area (Å²) in [6.07, 6.45) is 2.40. The van der Waals surface area contributed by atoms with Gasteiger partial charge >= 0.3 is 5.97 Å². The van der Waals surface area contributed by atoms with Crippen LogP contribution < -0.4 is 5.32 Å². The summed E-state index contributed by atoms with van der Waals surface area (Å²) in [4.78, 5) is 23.7. The SMILES string of the molecule is CCCNC(=O)Cn1c(C(=O)OC)ccc1-c1ccco1. The van der Waals surface area contributed by atoms with Crippen molar-refractivity contribution in [2.75, 3.05) is 13.7 Å². The van der Waals surface area contributed by atoms with Gasteiger partial charge in [0.2, 0.25) is 5.91 Å². The molecule has 6 heteroatoms. The molecule has 0 saturated carbocycles. The number of furan rings is 1. The van der Waals surface area contributed by atoms with Crippen molar-refractivity contribution in [3.05, 3.63) is 36.2 Å². The Balaban J connectivity index is 2.32. The van der Waals surface area contributed by atoms with Crippen molar-refractivity contribution in [1.82, 2.24) is 9.88 Å². The first-order valence-electron chi connectivity index (χ1n) is 6.75. The molecule has 0 bridgehead atoms. The topological polar surface area (TPSA) is 73.5 Å². The van der Waals surface area contributed by atoms with Gasteiger partial charge in [0.05, 0.1) is 19.1 Å². The van der Waals surface area contributed by atoms with E-state index in [9.17, 15) is 9.59 Å². The number of nitrogens with zero attached hydrogens (tertiary/aromatic N) is 1. The number of amides is 1. The van der Waals surface area contributed by atoms with E-state index >= 15 is 0 Å². The predicted molar refractivity (Wildman–Crippen MR) is 76.8 cm³/mol. The van der Waals surface area contributed by atoms with E-state index in [4.69, 9.17) is 9.15 Å². The molecule has 0 aliphatic carbocycles. The van der Waals surface area contributed by atoms with E-state index in [1.165, 1.54) is 7.11 Å². The van der Waals surface area contributed by atoms with E-state index in [2.05, 4.69) is 5.32 Å². The summed E-state index contributed by atoms with van der Waals surface area (Å²) >= 11 is 0. The van der Waals surface area contributed by atoms with Gasteiger partial charge in [0, 0.05) is 6.54 Å². The van der Waals surface area contributed by atoms with Crippen LogP contribution in [0.1, 0.15) is 23.8 Å². The maximum atomic E-state index is 11.9. The number of hydrogen-bond donors (Lipinski definition) is 1. The lowest BCUT2D eigenvalue weighted by atomic mass is 10.3. The number of aromatic nitrogens is 1. The van der Waals surface area contributed by atoms with Gasteiger partial charge in [0.1, 0.15) is 18.0 Å². The lowest BCUT2D eigenvalue weighted by Gasteiger charge is -2.11. The van der Waals surface area contributed by atoms with Gasteiger partial charge in [-0.05, 0) is 30.7 Å². The minimum Gasteiger partial charge on any atom is -0.464 e. The van der Waals surface area contributed by atoms with Crippen molar-refractivity contribution < 1.29 is 18.7 Å². The lowest BCUT2D eigenvalue weighted by Crippen LogP contribution is -2.29. The molecule has 0 saturated heterocycles. The first-order valence-corrected chi connectivity index (χ1v) is 6.75. The Labute approximate surface area is 122 Å². The highest BCUT2D eigenvalue weighted by molar-refractivity contribution is 5.90. The lowest BCUT2D eigenvalue weighted by molar-refractivity contribution is -0.121. The van der Waals surface area contributed by atoms with Crippen LogP contribution in [0.2, 0.25) is 0 Å². The zero-order valence-corrected chi connectivity index (χ0v) is 12.1. The molecule has 1 amide bonds. The zero-order valence-electron chi connectivity index (χ0n) is 12.1. The normalized spacial score (nSPS) is 10.4. The molecule has 21 heavy (non-hydrogen) atoms. The Kier molecular flexibility index (Phi) is 4.81. The minimum absolute atomic E-state index is 0.0352. The van der Waals surface area contributed by atoms with Gasteiger partial charge < -0.3 is 19.0 Å². The summed E-state index contributed by atoms with van der Waals surface area (Å²) in [6, 6.07) is 6.88. The summed E-state index contributed by atoms with van der Waals surface area (Å²) in [6.45, 7) is 2.61. The van der Waals surface area contributed by atoms with Gasteiger partial charge in [-0.2, -0.15) is 0 Å². The smallest absolute Gasteiger partial charge is 0.354 e. The van der Waals surface area contributed by atoms with Crippen LogP contribution >= 0.6 is 0 Å². The average molecular weight is 290 g/mol. The van der Waals surface area contributed by atoms with Gasteiger partial charge in [-0.15, -0.1) is 0 Å². The number of carbonyl (C=O) groups excluding carboxylic acids is 2. The molecule has 1 N–H and O–H groups in total. The summed E-state index contributed by atoms with van der Waals surface area (Å²) in [5.41, 5.74) is 0.975. The second-order valence-corrected chi connectivity index (χ2v) is 4.51. The van der Waals surface area contributed by atoms with Crippen molar-refractivity contribution in [3.8, 4) is 11.5 Å². The monoisotopic (exact) mass is 290 g/mol. The summed E-state index contributed by atoms with van der Waals surface area (Å²) in [7, 11) is 1.31. The number of methoxy groups -OCH3 is 1. The van der Waals surface area contributed by atoms with Crippen LogP contribution in [0, 0.1) is 0 Å². The largest absolute Gasteiger partial charge is 0.464 e. The second-order valence-electron chi connectivity index (χ2n) is 4.51. The maximum absolute atomic E-state index is 11.9. The zero-order chi connectivity index (χ0) is 15.2. The van der Waals surface area contributed by atoms with Crippen molar-refractivity contribution >= 4 is 11.9 Å². The fourth-order valence-electron chi connectivity index (χ4n) is 2.02.